The Balaban J connectivity index is 1.08. The molecule has 0 saturated carbocycles. The van der Waals surface area contributed by atoms with E-state index in [1.54, 1.807) is 0 Å². The van der Waals surface area contributed by atoms with E-state index in [0.717, 1.165) is 44.8 Å². The van der Waals surface area contributed by atoms with Crippen LogP contribution >= 0.6 is 0 Å². The van der Waals surface area contributed by atoms with Crippen LogP contribution in [0.3, 0.4) is 0 Å². The average molecular weight is 579 g/mol. The first-order valence-corrected chi connectivity index (χ1v) is 16.0. The largest absolute Gasteiger partial charge is 0.495 e. The van der Waals surface area contributed by atoms with Gasteiger partial charge in [0, 0.05) is 25.4 Å². The van der Waals surface area contributed by atoms with Gasteiger partial charge in [0.25, 0.3) is 0 Å². The molecule has 5 aromatic carbocycles. The third-order valence-corrected chi connectivity index (χ3v) is 10.2. The number of fused-ring (bicyclic) bond motifs is 7. The molecule has 4 heteroatoms. The summed E-state index contributed by atoms with van der Waals surface area (Å²) in [6, 6.07) is 35.9. The highest BCUT2D eigenvalue weighted by atomic mass is 16.5. The minimum atomic E-state index is 0.459. The first-order valence-electron chi connectivity index (χ1n) is 16.0. The molecule has 0 fully saturated rings. The summed E-state index contributed by atoms with van der Waals surface area (Å²) in [7, 11) is 1.81. The maximum absolute atomic E-state index is 5.96. The number of hydrogen-bond acceptors (Lipinski definition) is 2. The number of anilines is 1. The van der Waals surface area contributed by atoms with Gasteiger partial charge in [-0.1, -0.05) is 72.8 Å². The van der Waals surface area contributed by atoms with Gasteiger partial charge in [-0.3, -0.25) is 0 Å². The van der Waals surface area contributed by atoms with Crippen molar-refractivity contribution in [3.8, 4) is 5.75 Å². The second-order valence-corrected chi connectivity index (χ2v) is 12.9. The Labute approximate surface area is 260 Å². The highest BCUT2D eigenvalue weighted by Gasteiger charge is 2.41. The molecule has 0 amide bonds. The minimum absolute atomic E-state index is 0.459. The monoisotopic (exact) mass is 578 g/mol. The zero-order chi connectivity index (χ0) is 29.8. The van der Waals surface area contributed by atoms with Crippen LogP contribution in [0.1, 0.15) is 45.7 Å². The van der Waals surface area contributed by atoms with Gasteiger partial charge in [-0.25, -0.2) is 9.13 Å². The molecule has 0 saturated heterocycles. The SMILES string of the molecule is COc1cccc2c1N(CCCn1c[n+](Cc3ccc4ccccc4c3)c3cc(C)c(C)cc31)C[C@@H]1Cc3ccccc3[C@H]21. The van der Waals surface area contributed by atoms with E-state index >= 15 is 0 Å². The lowest BCUT2D eigenvalue weighted by atomic mass is 9.81. The Kier molecular flexibility index (Phi) is 6.66. The number of hydrogen-bond donors (Lipinski definition) is 0. The molecule has 2 aliphatic rings. The predicted octanol–water partition coefficient (Wildman–Crippen LogP) is 7.97. The van der Waals surface area contributed by atoms with Gasteiger partial charge in [0.15, 0.2) is 11.0 Å². The van der Waals surface area contributed by atoms with Crippen LogP contribution in [0.4, 0.5) is 5.69 Å². The smallest absolute Gasteiger partial charge is 0.245 e. The Hall–Kier alpha value is -4.57. The normalized spacial score (nSPS) is 17.1. The van der Waals surface area contributed by atoms with Crippen LogP contribution in [0, 0.1) is 19.8 Å². The van der Waals surface area contributed by atoms with Crippen LogP contribution in [0.2, 0.25) is 0 Å². The van der Waals surface area contributed by atoms with Crippen molar-refractivity contribution in [1.82, 2.24) is 4.57 Å². The molecule has 1 aromatic heterocycles. The number of aromatic nitrogens is 2. The van der Waals surface area contributed by atoms with E-state index in [2.05, 4.69) is 131 Å². The number of ether oxygens (including phenoxy) is 1. The number of aryl methyl sites for hydroxylation is 3. The number of para-hydroxylation sites is 1. The maximum atomic E-state index is 5.96. The molecule has 4 nitrogen and oxygen atoms in total. The molecule has 2 atom stereocenters. The number of nitrogens with zero attached hydrogens (tertiary/aromatic N) is 3. The first-order chi connectivity index (χ1) is 21.6. The molecule has 0 bridgehead atoms. The van der Waals surface area contributed by atoms with Gasteiger partial charge in [0.2, 0.25) is 6.33 Å². The summed E-state index contributed by atoms with van der Waals surface area (Å²) in [5.41, 5.74) is 12.4. The Morgan fingerprint density at radius 1 is 0.795 bits per heavy atom. The summed E-state index contributed by atoms with van der Waals surface area (Å²) in [4.78, 5) is 2.62. The minimum Gasteiger partial charge on any atom is -0.495 e. The van der Waals surface area contributed by atoms with Crippen LogP contribution in [0.5, 0.6) is 5.75 Å². The fourth-order valence-electron chi connectivity index (χ4n) is 7.95. The molecule has 8 rings (SSSR count). The molecular formula is C40H40N3O+. The Morgan fingerprint density at radius 2 is 1.59 bits per heavy atom. The molecule has 6 aromatic rings. The fourth-order valence-corrected chi connectivity index (χ4v) is 7.95. The number of benzene rings is 5. The van der Waals surface area contributed by atoms with Gasteiger partial charge in [0.05, 0.1) is 19.3 Å². The van der Waals surface area contributed by atoms with Crippen molar-refractivity contribution in [2.75, 3.05) is 25.1 Å². The van der Waals surface area contributed by atoms with Crippen LogP contribution in [-0.4, -0.2) is 24.8 Å². The third kappa shape index (κ3) is 4.55. The topological polar surface area (TPSA) is 21.3 Å². The van der Waals surface area contributed by atoms with E-state index in [9.17, 15) is 0 Å². The van der Waals surface area contributed by atoms with Crippen molar-refractivity contribution in [1.29, 1.82) is 0 Å². The molecule has 44 heavy (non-hydrogen) atoms. The summed E-state index contributed by atoms with van der Waals surface area (Å²) in [5, 5.41) is 2.59. The van der Waals surface area contributed by atoms with Gasteiger partial charge in [-0.05, 0) is 94.6 Å². The lowest BCUT2D eigenvalue weighted by Crippen LogP contribution is -2.38. The molecular weight excluding hydrogens is 538 g/mol. The molecule has 0 N–H and O–H groups in total. The highest BCUT2D eigenvalue weighted by Crippen LogP contribution is 2.51. The highest BCUT2D eigenvalue weighted by molar-refractivity contribution is 5.83. The molecule has 1 aliphatic carbocycles. The van der Waals surface area contributed by atoms with Crippen molar-refractivity contribution in [3.63, 3.8) is 0 Å². The van der Waals surface area contributed by atoms with Crippen LogP contribution in [0.25, 0.3) is 21.8 Å². The number of rotatable bonds is 7. The number of methoxy groups -OCH3 is 1. The zero-order valence-corrected chi connectivity index (χ0v) is 26.0. The summed E-state index contributed by atoms with van der Waals surface area (Å²) in [6.07, 6.45) is 4.56. The lowest BCUT2D eigenvalue weighted by Gasteiger charge is -2.39. The fraction of sp³-hybridized carbons (Fsp3) is 0.275. The van der Waals surface area contributed by atoms with Crippen molar-refractivity contribution in [2.24, 2.45) is 5.92 Å². The first kappa shape index (κ1) is 27.0. The molecule has 220 valence electrons. The van der Waals surface area contributed by atoms with Gasteiger partial charge < -0.3 is 9.64 Å². The van der Waals surface area contributed by atoms with E-state index in [4.69, 9.17) is 4.74 Å². The van der Waals surface area contributed by atoms with Crippen molar-refractivity contribution in [3.05, 3.63) is 137 Å². The standard InChI is InChI=1S/C40H40N3O/c1-27-20-36-37(21-28(27)2)43(24-29-16-17-30-10-4-5-11-31(30)22-29)26-42(36)19-9-18-41-25-33-23-32-12-6-7-13-34(32)39(33)35-14-8-15-38(44-3)40(35)41/h4-8,10-17,20-22,26,33,39H,9,18-19,23-25H2,1-3H3/q+1/t33-,39+/m0/s1. The second-order valence-electron chi connectivity index (χ2n) is 12.9. The third-order valence-electron chi connectivity index (χ3n) is 10.2. The van der Waals surface area contributed by atoms with Crippen molar-refractivity contribution < 1.29 is 9.30 Å². The average Bonchev–Trinajstić information content (AvgIpc) is 3.58. The van der Waals surface area contributed by atoms with Crippen molar-refractivity contribution >= 4 is 27.5 Å². The van der Waals surface area contributed by atoms with Crippen LogP contribution in [0.15, 0.2) is 103 Å². The molecule has 0 spiro atoms. The number of imidazole rings is 1. The summed E-state index contributed by atoms with van der Waals surface area (Å²) in [6.45, 7) is 8.35. The van der Waals surface area contributed by atoms with Crippen molar-refractivity contribution in [2.45, 2.75) is 45.7 Å². The van der Waals surface area contributed by atoms with Crippen LogP contribution < -0.4 is 14.2 Å². The molecule has 1 aliphatic heterocycles. The Morgan fingerprint density at radius 3 is 2.48 bits per heavy atom. The summed E-state index contributed by atoms with van der Waals surface area (Å²) < 4.78 is 10.9. The van der Waals surface area contributed by atoms with E-state index in [1.165, 1.54) is 60.9 Å². The van der Waals surface area contributed by atoms with Gasteiger partial charge >= 0.3 is 0 Å². The van der Waals surface area contributed by atoms with E-state index < -0.39 is 0 Å². The van der Waals surface area contributed by atoms with Gasteiger partial charge in [-0.15, -0.1) is 0 Å². The van der Waals surface area contributed by atoms with Gasteiger partial charge in [-0.2, -0.15) is 0 Å². The Bertz CT molecular complexity index is 2020. The lowest BCUT2D eigenvalue weighted by molar-refractivity contribution is -0.663. The zero-order valence-electron chi connectivity index (χ0n) is 26.0. The van der Waals surface area contributed by atoms with E-state index in [1.807, 2.05) is 7.11 Å². The summed E-state index contributed by atoms with van der Waals surface area (Å²) in [5.74, 6) is 2.06. The summed E-state index contributed by atoms with van der Waals surface area (Å²) >= 11 is 0. The van der Waals surface area contributed by atoms with Crippen LogP contribution in [-0.2, 0) is 19.5 Å². The predicted molar refractivity (Wildman–Crippen MR) is 180 cm³/mol. The van der Waals surface area contributed by atoms with Gasteiger partial charge in [0.1, 0.15) is 12.3 Å². The molecule has 0 unspecified atom stereocenters. The second kappa shape index (κ2) is 10.9. The maximum Gasteiger partial charge on any atom is 0.245 e. The molecule has 0 radical (unpaired) electrons. The molecule has 2 heterocycles. The quantitative estimate of drug-likeness (QED) is 0.179. The van der Waals surface area contributed by atoms with E-state index in [0.29, 0.717) is 11.8 Å². The van der Waals surface area contributed by atoms with E-state index in [-0.39, 0.29) is 0 Å².